The molecule has 0 bridgehead atoms. The summed E-state index contributed by atoms with van der Waals surface area (Å²) in [5.74, 6) is 2.79. The number of rotatable bonds is 4. The fourth-order valence-electron chi connectivity index (χ4n) is 4.25. The van der Waals surface area contributed by atoms with Crippen molar-refractivity contribution in [3.63, 3.8) is 0 Å². The summed E-state index contributed by atoms with van der Waals surface area (Å²) in [5, 5.41) is 4.27. The van der Waals surface area contributed by atoms with Crippen LogP contribution >= 0.6 is 0 Å². The van der Waals surface area contributed by atoms with E-state index in [0.717, 1.165) is 42.9 Å². The van der Waals surface area contributed by atoms with Crippen molar-refractivity contribution in [2.45, 2.75) is 38.5 Å². The molecule has 2 aromatic rings. The van der Waals surface area contributed by atoms with Gasteiger partial charge < -0.3 is 14.2 Å². The van der Waals surface area contributed by atoms with Gasteiger partial charge in [-0.3, -0.25) is 4.79 Å². The minimum Gasteiger partial charge on any atom is -0.497 e. The summed E-state index contributed by atoms with van der Waals surface area (Å²) in [4.78, 5) is 15.3. The highest BCUT2D eigenvalue weighted by Gasteiger charge is 2.55. The smallest absolute Gasteiger partial charge is 0.234 e. The van der Waals surface area contributed by atoms with Gasteiger partial charge in [0.05, 0.1) is 18.2 Å². The number of hydrogen-bond acceptors (Lipinski definition) is 4. The van der Waals surface area contributed by atoms with Crippen molar-refractivity contribution in [3.8, 4) is 17.1 Å². The highest BCUT2D eigenvalue weighted by Crippen LogP contribution is 2.50. The number of nitrogens with zero attached hydrogens (tertiary/aromatic N) is 2. The zero-order valence-corrected chi connectivity index (χ0v) is 15.7. The second-order valence-corrected chi connectivity index (χ2v) is 8.05. The van der Waals surface area contributed by atoms with Crippen molar-refractivity contribution in [2.75, 3.05) is 20.2 Å². The number of methoxy groups -OCH3 is 1. The number of piperidine rings is 1. The summed E-state index contributed by atoms with van der Waals surface area (Å²) in [7, 11) is 1.64. The molecule has 26 heavy (non-hydrogen) atoms. The summed E-state index contributed by atoms with van der Waals surface area (Å²) in [6.07, 6.45) is 2.91. The van der Waals surface area contributed by atoms with Crippen molar-refractivity contribution in [2.24, 2.45) is 11.8 Å². The minimum absolute atomic E-state index is 0.224. The number of aromatic nitrogens is 1. The summed E-state index contributed by atoms with van der Waals surface area (Å²) >= 11 is 0. The number of likely N-dealkylation sites (tertiary alicyclic amines) is 1. The zero-order valence-electron chi connectivity index (χ0n) is 15.7. The summed E-state index contributed by atoms with van der Waals surface area (Å²) in [5.41, 5.74) is 1.20. The van der Waals surface area contributed by atoms with Crippen molar-refractivity contribution in [1.82, 2.24) is 10.1 Å². The van der Waals surface area contributed by atoms with Gasteiger partial charge in [0.15, 0.2) is 5.76 Å². The molecule has 5 nitrogen and oxygen atoms in total. The predicted molar refractivity (Wildman–Crippen MR) is 98.9 cm³/mol. The van der Waals surface area contributed by atoms with E-state index in [0.29, 0.717) is 17.6 Å². The molecule has 0 spiro atoms. The molecule has 2 atom stereocenters. The SMILES string of the molecule is COc1cccc(-c2cc(C3(C(=O)N4CC(C)CC(C)C4)CC3)no2)c1. The van der Waals surface area contributed by atoms with Crippen LogP contribution in [0.1, 0.15) is 38.8 Å². The maximum Gasteiger partial charge on any atom is 0.234 e. The van der Waals surface area contributed by atoms with E-state index in [4.69, 9.17) is 9.26 Å². The maximum absolute atomic E-state index is 13.2. The van der Waals surface area contributed by atoms with E-state index >= 15 is 0 Å². The second kappa shape index (κ2) is 6.45. The van der Waals surface area contributed by atoms with Crippen LogP contribution < -0.4 is 4.74 Å². The molecular formula is C21H26N2O3. The van der Waals surface area contributed by atoms with Gasteiger partial charge in [-0.2, -0.15) is 0 Å². The van der Waals surface area contributed by atoms with Crippen LogP contribution in [0.2, 0.25) is 0 Å². The van der Waals surface area contributed by atoms with Crippen LogP contribution in [0.4, 0.5) is 0 Å². The number of hydrogen-bond donors (Lipinski definition) is 0. The topological polar surface area (TPSA) is 55.6 Å². The van der Waals surface area contributed by atoms with Crippen molar-refractivity contribution < 1.29 is 14.1 Å². The molecule has 1 saturated heterocycles. The molecule has 4 rings (SSSR count). The number of benzene rings is 1. The van der Waals surface area contributed by atoms with Crippen molar-refractivity contribution in [3.05, 3.63) is 36.0 Å². The Bertz CT molecular complexity index is 799. The van der Waals surface area contributed by atoms with Gasteiger partial charge in [-0.15, -0.1) is 0 Å². The minimum atomic E-state index is -0.475. The Hall–Kier alpha value is -2.30. The van der Waals surface area contributed by atoms with E-state index in [1.807, 2.05) is 35.2 Å². The van der Waals surface area contributed by atoms with E-state index in [-0.39, 0.29) is 5.91 Å². The first kappa shape index (κ1) is 17.1. The monoisotopic (exact) mass is 354 g/mol. The van der Waals surface area contributed by atoms with Crippen LogP contribution in [0, 0.1) is 11.8 Å². The lowest BCUT2D eigenvalue weighted by Gasteiger charge is -2.36. The molecule has 1 aliphatic carbocycles. The average molecular weight is 354 g/mol. The van der Waals surface area contributed by atoms with Gasteiger partial charge >= 0.3 is 0 Å². The van der Waals surface area contributed by atoms with Crippen molar-refractivity contribution >= 4 is 5.91 Å². The average Bonchev–Trinajstić information content (AvgIpc) is 3.29. The molecule has 1 aromatic heterocycles. The molecule has 2 heterocycles. The van der Waals surface area contributed by atoms with E-state index in [9.17, 15) is 4.79 Å². The molecule has 2 unspecified atom stereocenters. The first-order chi connectivity index (χ1) is 12.5. The largest absolute Gasteiger partial charge is 0.497 e. The van der Waals surface area contributed by atoms with E-state index < -0.39 is 5.41 Å². The van der Waals surface area contributed by atoms with E-state index in [1.165, 1.54) is 6.42 Å². The lowest BCUT2D eigenvalue weighted by Crippen LogP contribution is -2.47. The lowest BCUT2D eigenvalue weighted by atomic mass is 9.90. The fraction of sp³-hybridized carbons (Fsp3) is 0.524. The second-order valence-electron chi connectivity index (χ2n) is 8.05. The van der Waals surface area contributed by atoms with Gasteiger partial charge in [0.1, 0.15) is 5.75 Å². The quantitative estimate of drug-likeness (QED) is 0.836. The number of amides is 1. The molecular weight excluding hydrogens is 328 g/mol. The molecule has 0 N–H and O–H groups in total. The number of ether oxygens (including phenoxy) is 1. The normalized spacial score (nSPS) is 24.3. The van der Waals surface area contributed by atoms with Crippen LogP contribution in [0.25, 0.3) is 11.3 Å². The van der Waals surface area contributed by atoms with Gasteiger partial charge in [0.25, 0.3) is 0 Å². The predicted octanol–water partition coefficient (Wildman–Crippen LogP) is 3.89. The van der Waals surface area contributed by atoms with Gasteiger partial charge in [-0.1, -0.05) is 31.1 Å². The van der Waals surface area contributed by atoms with Crippen molar-refractivity contribution in [1.29, 1.82) is 0 Å². The Morgan fingerprint density at radius 3 is 2.62 bits per heavy atom. The standard InChI is InChI=1S/C21H26N2O3/c1-14-9-15(2)13-23(12-14)20(24)21(7-8-21)19-11-18(26-22-19)16-5-4-6-17(10-16)25-3/h4-6,10-11,14-15H,7-9,12-13H2,1-3H3. The van der Waals surface area contributed by atoms with E-state index in [1.54, 1.807) is 7.11 Å². The van der Waals surface area contributed by atoms with Gasteiger partial charge in [0.2, 0.25) is 5.91 Å². The number of carbonyl (C=O) groups is 1. The Kier molecular flexibility index (Phi) is 4.25. The van der Waals surface area contributed by atoms with E-state index in [2.05, 4.69) is 19.0 Å². The Morgan fingerprint density at radius 1 is 1.23 bits per heavy atom. The summed E-state index contributed by atoms with van der Waals surface area (Å²) in [6.45, 7) is 6.16. The molecule has 138 valence electrons. The maximum atomic E-state index is 13.2. The molecule has 2 aliphatic rings. The van der Waals surface area contributed by atoms with Crippen LogP contribution in [0.3, 0.4) is 0 Å². The number of carbonyl (C=O) groups excluding carboxylic acids is 1. The fourth-order valence-corrected chi connectivity index (χ4v) is 4.25. The summed E-state index contributed by atoms with van der Waals surface area (Å²) in [6, 6.07) is 9.62. The molecule has 1 saturated carbocycles. The van der Waals surface area contributed by atoms with Crippen LogP contribution in [-0.2, 0) is 10.2 Å². The van der Waals surface area contributed by atoms with Crippen LogP contribution in [0.5, 0.6) is 5.75 Å². The molecule has 5 heteroatoms. The third-order valence-electron chi connectivity index (χ3n) is 5.67. The van der Waals surface area contributed by atoms with Gasteiger partial charge in [-0.25, -0.2) is 0 Å². The van der Waals surface area contributed by atoms with Crippen LogP contribution in [-0.4, -0.2) is 36.2 Å². The Balaban J connectivity index is 1.57. The molecule has 1 amide bonds. The molecule has 0 radical (unpaired) electrons. The third kappa shape index (κ3) is 3.00. The third-order valence-corrected chi connectivity index (χ3v) is 5.67. The Labute approximate surface area is 154 Å². The lowest BCUT2D eigenvalue weighted by molar-refractivity contribution is -0.136. The van der Waals surface area contributed by atoms with Gasteiger partial charge in [-0.05, 0) is 43.2 Å². The first-order valence-electron chi connectivity index (χ1n) is 9.43. The molecule has 1 aromatic carbocycles. The first-order valence-corrected chi connectivity index (χ1v) is 9.43. The summed E-state index contributed by atoms with van der Waals surface area (Å²) < 4.78 is 10.9. The molecule has 2 fully saturated rings. The van der Waals surface area contributed by atoms with Gasteiger partial charge in [0, 0.05) is 24.7 Å². The molecule has 1 aliphatic heterocycles. The highest BCUT2D eigenvalue weighted by atomic mass is 16.5. The highest BCUT2D eigenvalue weighted by molar-refractivity contribution is 5.91. The zero-order chi connectivity index (χ0) is 18.3. The Morgan fingerprint density at radius 2 is 1.96 bits per heavy atom. The van der Waals surface area contributed by atoms with Crippen LogP contribution in [0.15, 0.2) is 34.9 Å².